The van der Waals surface area contributed by atoms with Gasteiger partial charge in [0.15, 0.2) is 0 Å². The van der Waals surface area contributed by atoms with Gasteiger partial charge in [0.25, 0.3) is 0 Å². The number of benzene rings is 9. The minimum Gasteiger partial charge on any atom is -0.310 e. The highest BCUT2D eigenvalue weighted by Crippen LogP contribution is 2.43. The molecule has 62 heavy (non-hydrogen) atoms. The maximum absolute atomic E-state index is 2.43. The van der Waals surface area contributed by atoms with Crippen LogP contribution in [0.2, 0.25) is 0 Å². The molecule has 0 atom stereocenters. The van der Waals surface area contributed by atoms with Gasteiger partial charge in [0.05, 0.1) is 16.6 Å². The summed E-state index contributed by atoms with van der Waals surface area (Å²) in [5.41, 5.74) is 21.3. The van der Waals surface area contributed by atoms with Crippen LogP contribution in [0.1, 0.15) is 28.8 Å². The van der Waals surface area contributed by atoms with Crippen molar-refractivity contribution in [2.75, 3.05) is 0 Å². The zero-order valence-corrected chi connectivity index (χ0v) is 34.9. The molecule has 0 fully saturated rings. The minimum atomic E-state index is 1.06. The van der Waals surface area contributed by atoms with E-state index in [1.807, 2.05) is 0 Å². The van der Waals surface area contributed by atoms with Gasteiger partial charge in [0, 0.05) is 33.2 Å². The van der Waals surface area contributed by atoms with Gasteiger partial charge in [-0.2, -0.15) is 0 Å². The maximum Gasteiger partial charge on any atom is 0.0541 e. The van der Waals surface area contributed by atoms with Crippen LogP contribution in [-0.4, -0.2) is 9.13 Å². The molecule has 0 radical (unpaired) electrons. The summed E-state index contributed by atoms with van der Waals surface area (Å²) in [6.45, 7) is 4.55. The van der Waals surface area contributed by atoms with E-state index in [2.05, 4.69) is 229 Å². The molecule has 9 aromatic carbocycles. The van der Waals surface area contributed by atoms with Gasteiger partial charge in [-0.1, -0.05) is 140 Å². The highest BCUT2D eigenvalue weighted by Gasteiger charge is 2.20. The summed E-state index contributed by atoms with van der Waals surface area (Å²) >= 11 is 0. The van der Waals surface area contributed by atoms with Gasteiger partial charge in [0.1, 0.15) is 0 Å². The number of fused-ring (bicyclic) bond motifs is 7. The molecule has 294 valence electrons. The Hall–Kier alpha value is -7.68. The van der Waals surface area contributed by atoms with Crippen molar-refractivity contribution in [3.63, 3.8) is 0 Å². The van der Waals surface area contributed by atoms with E-state index in [0.717, 1.165) is 18.5 Å². The van der Waals surface area contributed by atoms with Gasteiger partial charge in [-0.15, -0.1) is 0 Å². The fourth-order valence-electron chi connectivity index (χ4n) is 10.3. The number of nitrogens with zero attached hydrogens (tertiary/aromatic N) is 2. The fraction of sp³-hybridized carbons (Fsp3) is 0.0667. The van der Waals surface area contributed by atoms with E-state index in [-0.39, 0.29) is 0 Å². The van der Waals surface area contributed by atoms with Crippen molar-refractivity contribution in [2.45, 2.75) is 26.7 Å². The number of para-hydroxylation sites is 3. The van der Waals surface area contributed by atoms with E-state index < -0.39 is 0 Å². The Morgan fingerprint density at radius 3 is 1.73 bits per heavy atom. The molecule has 0 saturated carbocycles. The largest absolute Gasteiger partial charge is 0.310 e. The van der Waals surface area contributed by atoms with Crippen molar-refractivity contribution >= 4 is 49.6 Å². The van der Waals surface area contributed by atoms with Crippen LogP contribution in [0, 0.1) is 13.8 Å². The molecule has 2 aromatic heterocycles. The first-order valence-corrected chi connectivity index (χ1v) is 21.8. The van der Waals surface area contributed by atoms with Crippen molar-refractivity contribution in [3.8, 4) is 55.9 Å². The Bertz CT molecular complexity index is 3510. The third-order valence-corrected chi connectivity index (χ3v) is 13.3. The van der Waals surface area contributed by atoms with Gasteiger partial charge in [-0.05, 0) is 165 Å². The summed E-state index contributed by atoms with van der Waals surface area (Å²) in [5.74, 6) is 0. The minimum absolute atomic E-state index is 1.06. The number of hydrogen-bond donors (Lipinski definition) is 0. The Morgan fingerprint density at radius 2 is 0.984 bits per heavy atom. The van der Waals surface area contributed by atoms with Crippen molar-refractivity contribution in [1.82, 2.24) is 9.13 Å². The molecule has 0 bridgehead atoms. The molecule has 1 aliphatic rings. The normalized spacial score (nSPS) is 12.5. The monoisotopic (exact) mass is 792 g/mol. The van der Waals surface area contributed by atoms with Gasteiger partial charge in [-0.25, -0.2) is 0 Å². The lowest BCUT2D eigenvalue weighted by atomic mass is 9.85. The summed E-state index contributed by atoms with van der Waals surface area (Å²) in [5, 5.41) is 6.43. The quantitative estimate of drug-likeness (QED) is 0.159. The second kappa shape index (κ2) is 14.5. The Labute approximate surface area is 362 Å². The molecule has 0 aliphatic heterocycles. The van der Waals surface area contributed by atoms with E-state index >= 15 is 0 Å². The lowest BCUT2D eigenvalue weighted by Gasteiger charge is -2.19. The van der Waals surface area contributed by atoms with Crippen LogP contribution in [0.15, 0.2) is 200 Å². The fourth-order valence-corrected chi connectivity index (χ4v) is 10.3. The molecular weight excluding hydrogens is 749 g/mol. The number of aryl methyl sites for hydroxylation is 2. The van der Waals surface area contributed by atoms with E-state index in [9.17, 15) is 0 Å². The highest BCUT2D eigenvalue weighted by atomic mass is 15.0. The topological polar surface area (TPSA) is 9.86 Å². The van der Waals surface area contributed by atoms with Gasteiger partial charge >= 0.3 is 0 Å². The van der Waals surface area contributed by atoms with E-state index in [4.69, 9.17) is 0 Å². The highest BCUT2D eigenvalue weighted by molar-refractivity contribution is 6.09. The van der Waals surface area contributed by atoms with Crippen LogP contribution >= 0.6 is 0 Å². The predicted octanol–water partition coefficient (Wildman–Crippen LogP) is 16.1. The third-order valence-electron chi connectivity index (χ3n) is 13.3. The van der Waals surface area contributed by atoms with Gasteiger partial charge < -0.3 is 9.13 Å². The molecule has 11 aromatic rings. The zero-order chi connectivity index (χ0) is 41.3. The molecule has 0 saturated heterocycles. The van der Waals surface area contributed by atoms with Crippen molar-refractivity contribution < 1.29 is 0 Å². The first kappa shape index (κ1) is 36.2. The summed E-state index contributed by atoms with van der Waals surface area (Å²) in [6, 6.07) is 71.8. The molecule has 1 aliphatic carbocycles. The van der Waals surface area contributed by atoms with Crippen LogP contribution in [0.4, 0.5) is 0 Å². The Balaban J connectivity index is 0.979. The predicted molar refractivity (Wildman–Crippen MR) is 264 cm³/mol. The summed E-state index contributed by atoms with van der Waals surface area (Å²) in [4.78, 5) is 0. The van der Waals surface area contributed by atoms with Crippen molar-refractivity contribution in [1.29, 1.82) is 0 Å². The SMILES string of the molecule is Cc1ccc2ccccc2c1-c1cc(-c2ccc(-c3ccc4c(c3)c3c(n4-c4ccccc4)C=CCC3)cc2)cc(-c2ccc(-n3c4ccccc4c4ccccc43)cc2)c1C. The molecule has 12 rings (SSSR count). The van der Waals surface area contributed by atoms with Crippen LogP contribution in [-0.2, 0) is 6.42 Å². The molecule has 2 nitrogen and oxygen atoms in total. The van der Waals surface area contributed by atoms with Crippen LogP contribution < -0.4 is 0 Å². The Kier molecular flexibility index (Phi) is 8.47. The first-order valence-electron chi connectivity index (χ1n) is 21.8. The molecule has 2 heteroatoms. The zero-order valence-electron chi connectivity index (χ0n) is 34.9. The van der Waals surface area contributed by atoms with Crippen LogP contribution in [0.5, 0.6) is 0 Å². The molecule has 2 heterocycles. The average molecular weight is 793 g/mol. The maximum atomic E-state index is 2.43. The molecule has 0 spiro atoms. The van der Waals surface area contributed by atoms with Crippen LogP contribution in [0.25, 0.3) is 105 Å². The van der Waals surface area contributed by atoms with E-state index in [1.54, 1.807) is 0 Å². The number of allylic oxidation sites excluding steroid dienone is 1. The first-order chi connectivity index (χ1) is 30.6. The standard InChI is InChI=1S/C60H44N2/c1-39-24-25-43-14-6-7-17-49(43)60(39)54-38-46(37-53(40(54)2)44-30-33-48(34-31-44)62-56-21-11-8-18-50(56)51-19-9-12-22-57(51)62)42-28-26-41(27-29-42)45-32-35-59-55(36-45)52-20-10-13-23-58(52)61(59)47-15-4-3-5-16-47/h3-9,11-19,21-38H,10,20H2,1-2H3. The summed E-state index contributed by atoms with van der Waals surface area (Å²) in [7, 11) is 0. The Morgan fingerprint density at radius 1 is 0.403 bits per heavy atom. The van der Waals surface area contributed by atoms with Crippen LogP contribution in [0.3, 0.4) is 0 Å². The van der Waals surface area contributed by atoms with E-state index in [0.29, 0.717) is 0 Å². The van der Waals surface area contributed by atoms with Crippen molar-refractivity contribution in [3.05, 3.63) is 223 Å². The molecule has 0 amide bonds. The second-order valence-electron chi connectivity index (χ2n) is 16.9. The van der Waals surface area contributed by atoms with Gasteiger partial charge in [-0.3, -0.25) is 0 Å². The average Bonchev–Trinajstić information content (AvgIpc) is 3.85. The second-order valence-corrected chi connectivity index (χ2v) is 16.9. The third kappa shape index (κ3) is 5.79. The van der Waals surface area contributed by atoms with Gasteiger partial charge in [0.2, 0.25) is 0 Å². The smallest absolute Gasteiger partial charge is 0.0541 e. The molecule has 0 unspecified atom stereocenters. The number of hydrogen-bond acceptors (Lipinski definition) is 0. The summed E-state index contributed by atoms with van der Waals surface area (Å²) in [6.07, 6.45) is 6.75. The van der Waals surface area contributed by atoms with E-state index in [1.165, 1.54) is 116 Å². The molecule has 0 N–H and O–H groups in total. The number of aromatic nitrogens is 2. The lowest BCUT2D eigenvalue weighted by Crippen LogP contribution is -1.99. The number of rotatable bonds is 6. The molecular formula is C60H44N2. The lowest BCUT2D eigenvalue weighted by molar-refractivity contribution is 0.967. The van der Waals surface area contributed by atoms with Crippen molar-refractivity contribution in [2.24, 2.45) is 0 Å². The summed E-state index contributed by atoms with van der Waals surface area (Å²) < 4.78 is 4.82.